The minimum Gasteiger partial charge on any atom is -0.463 e. The van der Waals surface area contributed by atoms with Gasteiger partial charge in [-0.3, -0.25) is 9.36 Å². The quantitative estimate of drug-likeness (QED) is 0.396. The molecule has 0 radical (unpaired) electrons. The maximum Gasteiger partial charge on any atom is 0.338 e. The molecule has 0 saturated carbocycles. The molecular weight excluding hydrogens is 452 g/mol. The molecule has 5 nitrogen and oxygen atoms in total. The standard InChI is InChI=1S/C26H24N2O3S2/c1-4-31-25(30)22-17(2)27-26-28(23(22)19-13-15-20(32-3)16-14-19)24(29)21(33-26)12-8-11-18-9-6-5-7-10-18/h5-16,23H,4H2,1-3H3/b11-8+,21-12+/t23-/m1/s1. The average molecular weight is 477 g/mol. The van der Waals surface area contributed by atoms with Crippen LogP contribution in [-0.4, -0.2) is 23.4 Å². The van der Waals surface area contributed by atoms with E-state index >= 15 is 0 Å². The second kappa shape index (κ2) is 10.2. The van der Waals surface area contributed by atoms with Crippen LogP contribution in [0.2, 0.25) is 0 Å². The smallest absolute Gasteiger partial charge is 0.338 e. The predicted molar refractivity (Wildman–Crippen MR) is 135 cm³/mol. The molecule has 168 valence electrons. The fraction of sp³-hybridized carbons (Fsp3) is 0.192. The fourth-order valence-corrected chi connectivity index (χ4v) is 5.12. The Hall–Kier alpha value is -3.16. The topological polar surface area (TPSA) is 60.7 Å². The third kappa shape index (κ3) is 4.79. The highest BCUT2D eigenvalue weighted by molar-refractivity contribution is 7.98. The van der Waals surface area contributed by atoms with Gasteiger partial charge < -0.3 is 4.74 Å². The van der Waals surface area contributed by atoms with Crippen LogP contribution < -0.4 is 14.9 Å². The van der Waals surface area contributed by atoms with Crippen molar-refractivity contribution in [2.24, 2.45) is 4.99 Å². The third-order valence-electron chi connectivity index (χ3n) is 5.28. The molecule has 0 spiro atoms. The van der Waals surface area contributed by atoms with Crippen LogP contribution in [0.5, 0.6) is 0 Å². The molecule has 33 heavy (non-hydrogen) atoms. The first-order valence-electron chi connectivity index (χ1n) is 10.6. The highest BCUT2D eigenvalue weighted by atomic mass is 32.2. The molecule has 1 aliphatic rings. The summed E-state index contributed by atoms with van der Waals surface area (Å²) in [5.41, 5.74) is 2.68. The molecule has 4 rings (SSSR count). The van der Waals surface area contributed by atoms with Gasteiger partial charge in [0, 0.05) is 4.90 Å². The van der Waals surface area contributed by atoms with Crippen molar-refractivity contribution >= 4 is 41.2 Å². The van der Waals surface area contributed by atoms with Crippen LogP contribution in [0.4, 0.5) is 0 Å². The van der Waals surface area contributed by atoms with Gasteiger partial charge >= 0.3 is 5.97 Å². The van der Waals surface area contributed by atoms with Gasteiger partial charge in [0.05, 0.1) is 28.5 Å². The zero-order valence-electron chi connectivity index (χ0n) is 18.6. The van der Waals surface area contributed by atoms with Gasteiger partial charge in [-0.2, -0.15) is 0 Å². The van der Waals surface area contributed by atoms with E-state index in [1.54, 1.807) is 36.3 Å². The monoisotopic (exact) mass is 476 g/mol. The Morgan fingerprint density at radius 2 is 1.91 bits per heavy atom. The first-order chi connectivity index (χ1) is 16.0. The molecule has 3 aromatic rings. The summed E-state index contributed by atoms with van der Waals surface area (Å²) in [6.45, 7) is 3.81. The Morgan fingerprint density at radius 1 is 1.18 bits per heavy atom. The van der Waals surface area contributed by atoms with Gasteiger partial charge in [-0.15, -0.1) is 11.8 Å². The van der Waals surface area contributed by atoms with Gasteiger partial charge in [0.25, 0.3) is 5.56 Å². The number of nitrogens with zero attached hydrogens (tertiary/aromatic N) is 2. The number of thiazole rings is 1. The largest absolute Gasteiger partial charge is 0.463 e. The molecule has 1 atom stereocenters. The van der Waals surface area contributed by atoms with Gasteiger partial charge in [0.2, 0.25) is 0 Å². The number of rotatable bonds is 6. The second-order valence-electron chi connectivity index (χ2n) is 7.37. The molecule has 0 N–H and O–H groups in total. The third-order valence-corrected chi connectivity index (χ3v) is 7.03. The summed E-state index contributed by atoms with van der Waals surface area (Å²) in [5, 5.41) is 0. The van der Waals surface area contributed by atoms with Crippen LogP contribution in [0.3, 0.4) is 0 Å². The van der Waals surface area contributed by atoms with E-state index < -0.39 is 12.0 Å². The second-order valence-corrected chi connectivity index (χ2v) is 9.26. The summed E-state index contributed by atoms with van der Waals surface area (Å²) < 4.78 is 7.50. The summed E-state index contributed by atoms with van der Waals surface area (Å²) >= 11 is 2.96. The normalized spacial score (nSPS) is 16.1. The van der Waals surface area contributed by atoms with Crippen molar-refractivity contribution in [3.05, 3.63) is 103 Å². The van der Waals surface area contributed by atoms with E-state index in [1.807, 2.05) is 73.0 Å². The molecule has 2 aromatic carbocycles. The Balaban J connectivity index is 1.85. The molecule has 0 saturated heterocycles. The van der Waals surface area contributed by atoms with Crippen molar-refractivity contribution in [2.45, 2.75) is 24.8 Å². The SMILES string of the molecule is CCOC(=O)C1=C(C)N=c2s/c(=C/C=C/c3ccccc3)c(=O)n2[C@@H]1c1ccc(SC)cc1. The summed E-state index contributed by atoms with van der Waals surface area (Å²) in [6, 6.07) is 17.2. The maximum atomic E-state index is 13.5. The highest BCUT2D eigenvalue weighted by Crippen LogP contribution is 2.31. The number of aromatic nitrogens is 1. The number of esters is 1. The van der Waals surface area contributed by atoms with Crippen LogP contribution in [0.15, 0.2) is 86.6 Å². The number of carbonyl (C=O) groups is 1. The summed E-state index contributed by atoms with van der Waals surface area (Å²) in [5.74, 6) is -0.448. The van der Waals surface area contributed by atoms with E-state index in [4.69, 9.17) is 4.74 Å². The van der Waals surface area contributed by atoms with E-state index in [0.717, 1.165) is 16.0 Å². The molecule has 1 aliphatic heterocycles. The van der Waals surface area contributed by atoms with E-state index in [0.29, 0.717) is 20.6 Å². The number of ether oxygens (including phenoxy) is 1. The van der Waals surface area contributed by atoms with E-state index in [9.17, 15) is 9.59 Å². The Morgan fingerprint density at radius 3 is 2.58 bits per heavy atom. The lowest BCUT2D eigenvalue weighted by Crippen LogP contribution is -2.39. The van der Waals surface area contributed by atoms with Gasteiger partial charge in [-0.1, -0.05) is 66.0 Å². The van der Waals surface area contributed by atoms with Crippen LogP contribution in [-0.2, 0) is 9.53 Å². The van der Waals surface area contributed by atoms with Crippen molar-refractivity contribution in [3.8, 4) is 0 Å². The van der Waals surface area contributed by atoms with Gasteiger partial charge in [0.1, 0.15) is 0 Å². The number of benzene rings is 2. The highest BCUT2D eigenvalue weighted by Gasteiger charge is 2.33. The maximum absolute atomic E-state index is 13.5. The summed E-state index contributed by atoms with van der Waals surface area (Å²) in [7, 11) is 0. The van der Waals surface area contributed by atoms with Gasteiger partial charge in [0.15, 0.2) is 4.80 Å². The van der Waals surface area contributed by atoms with Crippen LogP contribution in [0, 0.1) is 0 Å². The van der Waals surface area contributed by atoms with E-state index in [2.05, 4.69) is 4.99 Å². The molecule has 7 heteroatoms. The number of thioether (sulfide) groups is 1. The summed E-state index contributed by atoms with van der Waals surface area (Å²) in [4.78, 5) is 32.6. The van der Waals surface area contributed by atoms with Gasteiger partial charge in [-0.05, 0) is 49.4 Å². The lowest BCUT2D eigenvalue weighted by Gasteiger charge is -2.24. The molecule has 0 unspecified atom stereocenters. The van der Waals surface area contributed by atoms with Crippen molar-refractivity contribution in [1.29, 1.82) is 0 Å². The number of hydrogen-bond donors (Lipinski definition) is 0. The number of allylic oxidation sites excluding steroid dienone is 2. The van der Waals surface area contributed by atoms with E-state index in [-0.39, 0.29) is 12.2 Å². The Kier molecular flexibility index (Phi) is 7.11. The van der Waals surface area contributed by atoms with Gasteiger partial charge in [-0.25, -0.2) is 9.79 Å². The molecule has 0 aliphatic carbocycles. The first-order valence-corrected chi connectivity index (χ1v) is 12.6. The van der Waals surface area contributed by atoms with Crippen molar-refractivity contribution in [3.63, 3.8) is 0 Å². The van der Waals surface area contributed by atoms with Crippen LogP contribution in [0.25, 0.3) is 12.2 Å². The molecular formula is C26H24N2O3S2. The van der Waals surface area contributed by atoms with Crippen LogP contribution in [0.1, 0.15) is 31.0 Å². The molecule has 0 fully saturated rings. The summed E-state index contributed by atoms with van der Waals surface area (Å²) in [6.07, 6.45) is 7.62. The van der Waals surface area contributed by atoms with Crippen molar-refractivity contribution < 1.29 is 9.53 Å². The Bertz CT molecular complexity index is 1400. The molecule has 1 aromatic heterocycles. The molecule has 2 heterocycles. The number of carbonyl (C=O) groups excluding carboxylic acids is 1. The van der Waals surface area contributed by atoms with Crippen molar-refractivity contribution in [1.82, 2.24) is 4.57 Å². The van der Waals surface area contributed by atoms with Crippen molar-refractivity contribution in [2.75, 3.05) is 12.9 Å². The zero-order chi connectivity index (χ0) is 23.4. The average Bonchev–Trinajstić information content (AvgIpc) is 3.13. The molecule has 0 bridgehead atoms. The van der Waals surface area contributed by atoms with E-state index in [1.165, 1.54) is 11.3 Å². The van der Waals surface area contributed by atoms with Crippen LogP contribution >= 0.6 is 23.1 Å². The minimum absolute atomic E-state index is 0.176. The Labute approximate surface area is 200 Å². The lowest BCUT2D eigenvalue weighted by atomic mass is 9.96. The predicted octanol–water partition coefficient (Wildman–Crippen LogP) is 4.19. The minimum atomic E-state index is -0.587. The fourth-order valence-electron chi connectivity index (χ4n) is 3.72. The first kappa shape index (κ1) is 23.0. The number of hydrogen-bond acceptors (Lipinski definition) is 6. The zero-order valence-corrected chi connectivity index (χ0v) is 20.3. The number of fused-ring (bicyclic) bond motifs is 1. The molecule has 0 amide bonds. The lowest BCUT2D eigenvalue weighted by molar-refractivity contribution is -0.139.